The van der Waals surface area contributed by atoms with E-state index in [1.165, 1.54) is 0 Å². The monoisotopic (exact) mass is 368 g/mol. The highest BCUT2D eigenvalue weighted by molar-refractivity contribution is 5.96. The van der Waals surface area contributed by atoms with Crippen LogP contribution in [0.1, 0.15) is 50.7 Å². The number of carbonyl (C=O) groups is 2. The van der Waals surface area contributed by atoms with Gasteiger partial charge in [0, 0.05) is 12.2 Å². The molecule has 6 heteroatoms. The molecule has 1 aliphatic heterocycles. The molecular formula is C19H29ClN2O3. The lowest BCUT2D eigenvalue weighted by molar-refractivity contribution is -0.144. The van der Waals surface area contributed by atoms with Gasteiger partial charge in [0.25, 0.3) is 0 Å². The first kappa shape index (κ1) is 21.5. The van der Waals surface area contributed by atoms with E-state index in [4.69, 9.17) is 0 Å². The molecule has 1 aliphatic rings. The molecule has 1 fully saturated rings. The molecule has 0 aromatic heterocycles. The van der Waals surface area contributed by atoms with Crippen LogP contribution in [0.25, 0.3) is 0 Å². The smallest absolute Gasteiger partial charge is 0.307 e. The van der Waals surface area contributed by atoms with E-state index in [1.807, 2.05) is 36.9 Å². The molecule has 0 saturated carbocycles. The number of amides is 1. The first-order valence-electron chi connectivity index (χ1n) is 8.68. The van der Waals surface area contributed by atoms with Crippen molar-refractivity contribution in [1.29, 1.82) is 0 Å². The molecule has 1 aromatic rings. The fourth-order valence-electron chi connectivity index (χ4n) is 3.30. The van der Waals surface area contributed by atoms with Gasteiger partial charge in [-0.1, -0.05) is 32.0 Å². The van der Waals surface area contributed by atoms with Crippen molar-refractivity contribution in [3.8, 4) is 0 Å². The lowest BCUT2D eigenvalue weighted by atomic mass is 9.96. The Morgan fingerprint density at radius 3 is 2.56 bits per heavy atom. The van der Waals surface area contributed by atoms with Gasteiger partial charge >= 0.3 is 5.97 Å². The van der Waals surface area contributed by atoms with Crippen molar-refractivity contribution in [2.45, 2.75) is 52.5 Å². The lowest BCUT2D eigenvalue weighted by Crippen LogP contribution is -2.48. The minimum Gasteiger partial charge on any atom is -0.481 e. The Morgan fingerprint density at radius 2 is 1.96 bits per heavy atom. The predicted octanol–water partition coefficient (Wildman–Crippen LogP) is 3.66. The van der Waals surface area contributed by atoms with Gasteiger partial charge in [-0.15, -0.1) is 12.4 Å². The van der Waals surface area contributed by atoms with Crippen LogP contribution < -0.4 is 5.32 Å². The van der Waals surface area contributed by atoms with Crippen molar-refractivity contribution in [3.63, 3.8) is 0 Å². The van der Waals surface area contributed by atoms with Gasteiger partial charge in [-0.25, -0.2) is 0 Å². The van der Waals surface area contributed by atoms with Crippen molar-refractivity contribution >= 4 is 30.0 Å². The Balaban J connectivity index is 0.00000312. The number of aryl methyl sites for hydroxylation is 1. The number of carboxylic acid groups (broad SMARTS) is 1. The van der Waals surface area contributed by atoms with Gasteiger partial charge in [-0.3, -0.25) is 14.5 Å². The number of aliphatic carboxylic acids is 1. The number of rotatable bonds is 5. The van der Waals surface area contributed by atoms with Gasteiger partial charge < -0.3 is 10.4 Å². The maximum Gasteiger partial charge on any atom is 0.307 e. The summed E-state index contributed by atoms with van der Waals surface area (Å²) in [6, 6.07) is 5.70. The molecule has 5 nitrogen and oxygen atoms in total. The maximum absolute atomic E-state index is 12.7. The van der Waals surface area contributed by atoms with E-state index < -0.39 is 5.97 Å². The summed E-state index contributed by atoms with van der Waals surface area (Å²) in [5, 5.41) is 12.3. The molecule has 2 atom stereocenters. The topological polar surface area (TPSA) is 69.6 Å². The van der Waals surface area contributed by atoms with Crippen LogP contribution in [0.15, 0.2) is 18.2 Å². The molecule has 25 heavy (non-hydrogen) atoms. The molecular weight excluding hydrogens is 340 g/mol. The minimum atomic E-state index is -0.770. The fraction of sp³-hybridized carbons (Fsp3) is 0.579. The van der Waals surface area contributed by atoms with Gasteiger partial charge in [0.05, 0.1) is 12.0 Å². The third-order valence-corrected chi connectivity index (χ3v) is 4.90. The number of carboxylic acids is 1. The molecule has 140 valence electrons. The third-order valence-electron chi connectivity index (χ3n) is 4.90. The number of halogens is 1. The quantitative estimate of drug-likeness (QED) is 0.832. The highest BCUT2D eigenvalue weighted by Gasteiger charge is 2.31. The van der Waals surface area contributed by atoms with Gasteiger partial charge in [-0.2, -0.15) is 0 Å². The predicted molar refractivity (Wildman–Crippen MR) is 103 cm³/mol. The van der Waals surface area contributed by atoms with Crippen LogP contribution in [0, 0.1) is 12.8 Å². The van der Waals surface area contributed by atoms with Crippen molar-refractivity contribution in [3.05, 3.63) is 29.3 Å². The average molecular weight is 369 g/mol. The van der Waals surface area contributed by atoms with Gasteiger partial charge in [0.2, 0.25) is 5.91 Å². The number of hydrogen-bond donors (Lipinski definition) is 2. The average Bonchev–Trinajstić information content (AvgIpc) is 2.55. The van der Waals surface area contributed by atoms with Crippen molar-refractivity contribution in [2.75, 3.05) is 18.4 Å². The van der Waals surface area contributed by atoms with Crippen LogP contribution in [-0.4, -0.2) is 41.0 Å². The number of hydrogen-bond acceptors (Lipinski definition) is 3. The first-order chi connectivity index (χ1) is 11.3. The van der Waals surface area contributed by atoms with E-state index in [1.54, 1.807) is 0 Å². The van der Waals surface area contributed by atoms with Crippen LogP contribution in [0.3, 0.4) is 0 Å². The second kappa shape index (κ2) is 9.20. The Hall–Kier alpha value is -1.59. The Morgan fingerprint density at radius 1 is 1.28 bits per heavy atom. The summed E-state index contributed by atoms with van der Waals surface area (Å²) in [6.45, 7) is 9.27. The van der Waals surface area contributed by atoms with E-state index >= 15 is 0 Å². The number of para-hydroxylation sites is 1. The molecule has 1 saturated heterocycles. The number of carbonyl (C=O) groups excluding carboxylic acids is 1. The zero-order valence-electron chi connectivity index (χ0n) is 15.4. The summed E-state index contributed by atoms with van der Waals surface area (Å²) in [6.07, 6.45) is 1.51. The highest BCUT2D eigenvalue weighted by Crippen LogP contribution is 2.28. The molecule has 2 unspecified atom stereocenters. The lowest BCUT2D eigenvalue weighted by Gasteiger charge is -2.34. The van der Waals surface area contributed by atoms with Crippen LogP contribution in [0.5, 0.6) is 0 Å². The Bertz CT molecular complexity index is 619. The minimum absolute atomic E-state index is 0. The summed E-state index contributed by atoms with van der Waals surface area (Å²) < 4.78 is 0. The van der Waals surface area contributed by atoms with Gasteiger partial charge in [0.1, 0.15) is 0 Å². The zero-order valence-corrected chi connectivity index (χ0v) is 16.2. The Labute approximate surface area is 156 Å². The number of benzene rings is 1. The van der Waals surface area contributed by atoms with E-state index in [9.17, 15) is 14.7 Å². The first-order valence-corrected chi connectivity index (χ1v) is 8.68. The van der Waals surface area contributed by atoms with E-state index in [0.717, 1.165) is 29.8 Å². The SMILES string of the molecule is Cc1cccc(C(C)C)c1NC(=O)C(C)N1CCCC(C(=O)O)C1.Cl. The third kappa shape index (κ3) is 5.19. The molecule has 1 heterocycles. The maximum atomic E-state index is 12.7. The Kier molecular flexibility index (Phi) is 7.90. The largest absolute Gasteiger partial charge is 0.481 e. The van der Waals surface area contributed by atoms with Crippen molar-refractivity contribution < 1.29 is 14.7 Å². The summed E-state index contributed by atoms with van der Waals surface area (Å²) in [5.41, 5.74) is 3.05. The second-order valence-corrected chi connectivity index (χ2v) is 7.03. The molecule has 2 N–H and O–H groups in total. The zero-order chi connectivity index (χ0) is 17.9. The number of likely N-dealkylation sites (tertiary alicyclic amines) is 1. The van der Waals surface area contributed by atoms with E-state index in [0.29, 0.717) is 18.9 Å². The standard InChI is InChI=1S/C19H28N2O3.ClH/c1-12(2)16-9-5-7-13(3)17(16)20-18(22)14(4)21-10-6-8-15(11-21)19(23)24;/h5,7,9,12,14-15H,6,8,10-11H2,1-4H3,(H,20,22)(H,23,24);1H. The van der Waals surface area contributed by atoms with Crippen LogP contribution in [0.2, 0.25) is 0 Å². The summed E-state index contributed by atoms with van der Waals surface area (Å²) >= 11 is 0. The summed E-state index contributed by atoms with van der Waals surface area (Å²) in [4.78, 5) is 25.9. The van der Waals surface area contributed by atoms with Crippen LogP contribution in [-0.2, 0) is 9.59 Å². The van der Waals surface area contributed by atoms with Gasteiger partial charge in [-0.05, 0) is 50.3 Å². The molecule has 0 bridgehead atoms. The van der Waals surface area contributed by atoms with Gasteiger partial charge in [0.15, 0.2) is 0 Å². The number of nitrogens with one attached hydrogen (secondary N) is 1. The van der Waals surface area contributed by atoms with E-state index in [-0.39, 0.29) is 30.3 Å². The summed E-state index contributed by atoms with van der Waals surface area (Å²) in [5.74, 6) is -0.897. The molecule has 1 aromatic carbocycles. The number of anilines is 1. The van der Waals surface area contributed by atoms with Crippen LogP contribution >= 0.6 is 12.4 Å². The van der Waals surface area contributed by atoms with Crippen LogP contribution in [0.4, 0.5) is 5.69 Å². The van der Waals surface area contributed by atoms with E-state index in [2.05, 4.69) is 19.2 Å². The number of nitrogens with zero attached hydrogens (tertiary/aromatic N) is 1. The normalized spacial score (nSPS) is 19.2. The fourth-order valence-corrected chi connectivity index (χ4v) is 3.30. The summed E-state index contributed by atoms with van der Waals surface area (Å²) in [7, 11) is 0. The molecule has 0 aliphatic carbocycles. The van der Waals surface area contributed by atoms with Crippen molar-refractivity contribution in [1.82, 2.24) is 4.90 Å². The second-order valence-electron chi connectivity index (χ2n) is 7.03. The highest BCUT2D eigenvalue weighted by atomic mass is 35.5. The molecule has 2 rings (SSSR count). The number of piperidine rings is 1. The molecule has 0 spiro atoms. The molecule has 0 radical (unpaired) electrons. The van der Waals surface area contributed by atoms with Crippen molar-refractivity contribution in [2.24, 2.45) is 5.92 Å². The molecule has 1 amide bonds.